The maximum atomic E-state index is 8.77. The first-order valence-electron chi connectivity index (χ1n) is 4.42. The van der Waals surface area contributed by atoms with Gasteiger partial charge in [0, 0.05) is 12.7 Å². The molecule has 0 saturated carbocycles. The molecule has 1 aliphatic carbocycles. The summed E-state index contributed by atoms with van der Waals surface area (Å²) < 4.78 is 0. The van der Waals surface area contributed by atoms with Gasteiger partial charge in [0.1, 0.15) is 0 Å². The lowest BCUT2D eigenvalue weighted by Gasteiger charge is -2.08. The average molecular weight is 174 g/mol. The summed E-state index contributed by atoms with van der Waals surface area (Å²) in [6.45, 7) is 2.06. The van der Waals surface area contributed by atoms with Crippen molar-refractivity contribution < 1.29 is 0 Å². The van der Waals surface area contributed by atoms with E-state index < -0.39 is 0 Å². The molecule has 0 amide bonds. The van der Waals surface area contributed by atoms with Gasteiger partial charge in [-0.15, -0.1) is 0 Å². The average Bonchev–Trinajstić information content (AvgIpc) is 2.12. The fourth-order valence-corrected chi connectivity index (χ4v) is 1.27. The summed E-state index contributed by atoms with van der Waals surface area (Å²) in [4.78, 5) is 0. The molecule has 0 fully saturated rings. The van der Waals surface area contributed by atoms with Crippen LogP contribution in [0.3, 0.4) is 0 Å². The molecule has 0 bridgehead atoms. The molecular formula is C11H14N2. The van der Waals surface area contributed by atoms with E-state index in [1.165, 1.54) is 11.3 Å². The second kappa shape index (κ2) is 4.51. The third-order valence-electron chi connectivity index (χ3n) is 2.10. The van der Waals surface area contributed by atoms with Gasteiger partial charge in [-0.2, -0.15) is 5.26 Å². The van der Waals surface area contributed by atoms with Crippen molar-refractivity contribution in [3.05, 3.63) is 35.1 Å². The van der Waals surface area contributed by atoms with Crippen molar-refractivity contribution in [3.63, 3.8) is 0 Å². The van der Waals surface area contributed by atoms with Gasteiger partial charge in [0.2, 0.25) is 0 Å². The molecule has 0 aromatic heterocycles. The van der Waals surface area contributed by atoms with Gasteiger partial charge in [0.25, 0.3) is 0 Å². The van der Waals surface area contributed by atoms with E-state index in [0.717, 1.165) is 18.4 Å². The number of rotatable bonds is 1. The Morgan fingerprint density at radius 2 is 2.15 bits per heavy atom. The molecule has 2 heteroatoms. The Hall–Kier alpha value is -1.49. The van der Waals surface area contributed by atoms with Crippen LogP contribution in [0, 0.1) is 11.3 Å². The van der Waals surface area contributed by atoms with Gasteiger partial charge in [0.05, 0.1) is 11.6 Å². The van der Waals surface area contributed by atoms with Crippen LogP contribution in [0.1, 0.15) is 19.8 Å². The lowest BCUT2D eigenvalue weighted by atomic mass is 10.0. The van der Waals surface area contributed by atoms with Crippen molar-refractivity contribution in [2.75, 3.05) is 7.05 Å². The van der Waals surface area contributed by atoms with Crippen molar-refractivity contribution >= 4 is 0 Å². The fraction of sp³-hybridized carbons (Fsp3) is 0.364. The van der Waals surface area contributed by atoms with Gasteiger partial charge < -0.3 is 5.32 Å². The summed E-state index contributed by atoms with van der Waals surface area (Å²) in [6.07, 6.45) is 7.82. The minimum atomic E-state index is 0.727. The zero-order chi connectivity index (χ0) is 9.68. The predicted molar refractivity (Wildman–Crippen MR) is 53.8 cm³/mol. The minimum absolute atomic E-state index is 0.727. The van der Waals surface area contributed by atoms with Gasteiger partial charge in [-0.05, 0) is 38.0 Å². The summed E-state index contributed by atoms with van der Waals surface area (Å²) in [5.74, 6) is 0. The molecule has 1 N–H and O–H groups in total. The summed E-state index contributed by atoms with van der Waals surface area (Å²) in [7, 11) is 1.91. The molecule has 0 atom stereocenters. The van der Waals surface area contributed by atoms with Crippen LogP contribution in [0.15, 0.2) is 35.1 Å². The van der Waals surface area contributed by atoms with Crippen molar-refractivity contribution in [1.82, 2.24) is 5.32 Å². The van der Waals surface area contributed by atoms with Crippen molar-refractivity contribution in [2.24, 2.45) is 0 Å². The monoisotopic (exact) mass is 174 g/mol. The zero-order valence-electron chi connectivity index (χ0n) is 8.09. The topological polar surface area (TPSA) is 35.8 Å². The molecule has 0 heterocycles. The van der Waals surface area contributed by atoms with Gasteiger partial charge in [-0.1, -0.05) is 5.57 Å². The number of nitrogens with one attached hydrogen (secondary N) is 1. The highest BCUT2D eigenvalue weighted by Gasteiger charge is 2.00. The SMILES string of the molecule is CN/C1=C/C=C(C#N)\C=C(\C)CC1. The van der Waals surface area contributed by atoms with Gasteiger partial charge in [-0.25, -0.2) is 0 Å². The standard InChI is InChI=1S/C11H14N2/c1-9-3-5-11(13-2)6-4-10(7-9)8-12/h4,6-7,13H,3,5H2,1-2H3/b9-7-,10-4+,11-6+. The summed E-state index contributed by atoms with van der Waals surface area (Å²) in [6, 6.07) is 2.16. The molecule has 13 heavy (non-hydrogen) atoms. The number of allylic oxidation sites excluding steroid dienone is 6. The van der Waals surface area contributed by atoms with Crippen LogP contribution in [-0.2, 0) is 0 Å². The van der Waals surface area contributed by atoms with Crippen LogP contribution in [0.5, 0.6) is 0 Å². The van der Waals surface area contributed by atoms with Crippen LogP contribution in [0.2, 0.25) is 0 Å². The maximum Gasteiger partial charge on any atom is 0.0991 e. The Morgan fingerprint density at radius 3 is 2.77 bits per heavy atom. The Kier molecular flexibility index (Phi) is 3.33. The van der Waals surface area contributed by atoms with Crippen molar-refractivity contribution in [1.29, 1.82) is 5.26 Å². The highest BCUT2D eigenvalue weighted by atomic mass is 14.8. The molecule has 1 aliphatic rings. The van der Waals surface area contributed by atoms with E-state index in [4.69, 9.17) is 5.26 Å². The van der Waals surface area contributed by atoms with E-state index in [-0.39, 0.29) is 0 Å². The lowest BCUT2D eigenvalue weighted by Crippen LogP contribution is -2.06. The normalized spacial score (nSPS) is 29.2. The predicted octanol–water partition coefficient (Wildman–Crippen LogP) is 2.28. The number of hydrogen-bond donors (Lipinski definition) is 1. The summed E-state index contributed by atoms with van der Waals surface area (Å²) in [5.41, 5.74) is 3.17. The van der Waals surface area contributed by atoms with E-state index in [2.05, 4.69) is 18.3 Å². The van der Waals surface area contributed by atoms with Crippen LogP contribution < -0.4 is 5.32 Å². The van der Waals surface area contributed by atoms with Gasteiger partial charge >= 0.3 is 0 Å². The van der Waals surface area contributed by atoms with Gasteiger partial charge in [-0.3, -0.25) is 0 Å². The molecule has 0 spiro atoms. The van der Waals surface area contributed by atoms with E-state index in [9.17, 15) is 0 Å². The van der Waals surface area contributed by atoms with E-state index >= 15 is 0 Å². The largest absolute Gasteiger partial charge is 0.391 e. The lowest BCUT2D eigenvalue weighted by molar-refractivity contribution is 0.826. The first-order chi connectivity index (χ1) is 6.26. The van der Waals surface area contributed by atoms with E-state index in [0.29, 0.717) is 0 Å². The molecule has 2 nitrogen and oxygen atoms in total. The van der Waals surface area contributed by atoms with Crippen LogP contribution >= 0.6 is 0 Å². The second-order valence-corrected chi connectivity index (χ2v) is 3.17. The third kappa shape index (κ3) is 2.79. The third-order valence-corrected chi connectivity index (χ3v) is 2.10. The highest BCUT2D eigenvalue weighted by molar-refractivity contribution is 5.39. The van der Waals surface area contributed by atoms with E-state index in [1.54, 1.807) is 0 Å². The van der Waals surface area contributed by atoms with Crippen molar-refractivity contribution in [2.45, 2.75) is 19.8 Å². The molecular weight excluding hydrogens is 160 g/mol. The van der Waals surface area contributed by atoms with Crippen LogP contribution in [0.25, 0.3) is 0 Å². The molecule has 0 unspecified atom stereocenters. The molecule has 0 aliphatic heterocycles. The molecule has 0 aromatic rings. The summed E-state index contributed by atoms with van der Waals surface area (Å²) in [5, 5.41) is 11.9. The summed E-state index contributed by atoms with van der Waals surface area (Å²) >= 11 is 0. The van der Waals surface area contributed by atoms with Gasteiger partial charge in [0.15, 0.2) is 0 Å². The number of hydrogen-bond acceptors (Lipinski definition) is 2. The number of nitrogens with zero attached hydrogens (tertiary/aromatic N) is 1. The molecule has 0 aromatic carbocycles. The Balaban J connectivity index is 2.93. The Bertz CT molecular complexity index is 313. The molecule has 0 radical (unpaired) electrons. The Morgan fingerprint density at radius 1 is 1.38 bits per heavy atom. The second-order valence-electron chi connectivity index (χ2n) is 3.17. The maximum absolute atomic E-state index is 8.77. The Labute approximate surface area is 79.3 Å². The fourth-order valence-electron chi connectivity index (χ4n) is 1.27. The quantitative estimate of drug-likeness (QED) is 0.662. The zero-order valence-corrected chi connectivity index (χ0v) is 8.09. The number of nitriles is 1. The van der Waals surface area contributed by atoms with Crippen LogP contribution in [-0.4, -0.2) is 7.05 Å². The first-order valence-corrected chi connectivity index (χ1v) is 4.42. The van der Waals surface area contributed by atoms with E-state index in [1.807, 2.05) is 25.3 Å². The minimum Gasteiger partial charge on any atom is -0.391 e. The molecule has 68 valence electrons. The van der Waals surface area contributed by atoms with Crippen LogP contribution in [0.4, 0.5) is 0 Å². The molecule has 1 rings (SSSR count). The highest BCUT2D eigenvalue weighted by Crippen LogP contribution is 2.15. The molecule has 0 saturated heterocycles. The van der Waals surface area contributed by atoms with Crippen molar-refractivity contribution in [3.8, 4) is 6.07 Å². The smallest absolute Gasteiger partial charge is 0.0991 e. The first kappa shape index (κ1) is 9.60.